The molecule has 134 valence electrons. The molecule has 1 atom stereocenters. The van der Waals surface area contributed by atoms with Crippen LogP contribution in [0, 0.1) is 5.92 Å². The molecule has 4 rings (SSSR count). The number of fused-ring (bicyclic) bond motifs is 1. The first-order chi connectivity index (χ1) is 12.7. The van der Waals surface area contributed by atoms with Crippen LogP contribution in [0.15, 0.2) is 24.5 Å². The van der Waals surface area contributed by atoms with E-state index < -0.39 is 0 Å². The minimum absolute atomic E-state index is 0.0327. The van der Waals surface area contributed by atoms with Crippen LogP contribution in [0.25, 0.3) is 10.6 Å². The van der Waals surface area contributed by atoms with Crippen LogP contribution in [-0.4, -0.2) is 37.6 Å². The van der Waals surface area contributed by atoms with Gasteiger partial charge in [0.25, 0.3) is 0 Å². The summed E-state index contributed by atoms with van der Waals surface area (Å²) in [6.45, 7) is 0.510. The minimum atomic E-state index is -0.0327. The van der Waals surface area contributed by atoms with E-state index in [1.807, 2.05) is 12.1 Å². The first-order valence-electron chi connectivity index (χ1n) is 8.52. The summed E-state index contributed by atoms with van der Waals surface area (Å²) in [6, 6.07) is 3.93. The van der Waals surface area contributed by atoms with Crippen molar-refractivity contribution >= 4 is 23.2 Å². The molecule has 0 aliphatic heterocycles. The van der Waals surface area contributed by atoms with Gasteiger partial charge in [-0.3, -0.25) is 14.9 Å². The average Bonchev–Trinajstić information content (AvgIpc) is 3.27. The van der Waals surface area contributed by atoms with E-state index in [0.717, 1.165) is 29.1 Å². The molecule has 9 heteroatoms. The Morgan fingerprint density at radius 1 is 1.35 bits per heavy atom. The summed E-state index contributed by atoms with van der Waals surface area (Å²) < 4.78 is 0. The van der Waals surface area contributed by atoms with E-state index in [1.165, 1.54) is 4.88 Å². The van der Waals surface area contributed by atoms with Gasteiger partial charge in [-0.2, -0.15) is 4.98 Å². The van der Waals surface area contributed by atoms with Crippen molar-refractivity contribution in [3.05, 3.63) is 40.9 Å². The second-order valence-electron chi connectivity index (χ2n) is 6.25. The predicted octanol–water partition coefficient (Wildman–Crippen LogP) is 1.37. The number of hydrogen-bond acceptors (Lipinski definition) is 7. The van der Waals surface area contributed by atoms with Crippen LogP contribution in [-0.2, 0) is 24.1 Å². The van der Waals surface area contributed by atoms with Gasteiger partial charge in [-0.25, -0.2) is 4.98 Å². The molecular formula is C17H19N7OS. The van der Waals surface area contributed by atoms with Gasteiger partial charge in [-0.15, -0.1) is 16.4 Å². The number of hydrogen-bond donors (Lipinski definition) is 3. The first-order valence-corrected chi connectivity index (χ1v) is 9.34. The summed E-state index contributed by atoms with van der Waals surface area (Å²) in [6.07, 6.45) is 6.57. The lowest BCUT2D eigenvalue weighted by atomic mass is 9.90. The maximum absolute atomic E-state index is 12.5. The zero-order chi connectivity index (χ0) is 17.9. The number of nitrogens with two attached hydrogens (primary N) is 1. The number of rotatable bonds is 5. The first kappa shape index (κ1) is 16.6. The number of aromatic amines is 1. The number of anilines is 1. The number of aromatic nitrogens is 5. The number of thiazole rings is 1. The van der Waals surface area contributed by atoms with Crippen LogP contribution in [0.5, 0.6) is 0 Å². The molecule has 0 fully saturated rings. The molecule has 1 aliphatic carbocycles. The Kier molecular flexibility index (Phi) is 4.61. The molecule has 3 aromatic heterocycles. The molecule has 3 heterocycles. The van der Waals surface area contributed by atoms with Crippen LogP contribution in [0.4, 0.5) is 5.95 Å². The molecule has 1 unspecified atom stereocenters. The molecule has 0 spiro atoms. The standard InChI is InChI=1S/C17H19N7OS/c18-17-22-14(23-24-17)5-8-20-15(25)11-1-2-13-12(9-11)21-16(26-13)10-3-6-19-7-4-10/h3-4,6-7,11H,1-2,5,8-9H2,(H,20,25)(H3,18,22,23,24). The highest BCUT2D eigenvalue weighted by atomic mass is 32.1. The van der Waals surface area contributed by atoms with Gasteiger partial charge in [0, 0.05) is 48.1 Å². The number of aryl methyl sites for hydroxylation is 1. The lowest BCUT2D eigenvalue weighted by molar-refractivity contribution is -0.125. The summed E-state index contributed by atoms with van der Waals surface area (Å²) in [5.74, 6) is 0.936. The Balaban J connectivity index is 1.35. The van der Waals surface area contributed by atoms with E-state index in [-0.39, 0.29) is 17.8 Å². The van der Waals surface area contributed by atoms with Crippen LogP contribution < -0.4 is 11.1 Å². The van der Waals surface area contributed by atoms with E-state index in [9.17, 15) is 4.79 Å². The fraction of sp³-hybridized carbons (Fsp3) is 0.353. The van der Waals surface area contributed by atoms with Gasteiger partial charge in [0.1, 0.15) is 10.8 Å². The number of nitrogen functional groups attached to an aromatic ring is 1. The molecule has 0 bridgehead atoms. The van der Waals surface area contributed by atoms with Crippen molar-refractivity contribution in [2.24, 2.45) is 5.92 Å². The van der Waals surface area contributed by atoms with E-state index >= 15 is 0 Å². The molecule has 3 aromatic rings. The molecule has 4 N–H and O–H groups in total. The number of carbonyl (C=O) groups excluding carboxylic acids is 1. The Hall–Kier alpha value is -2.81. The van der Waals surface area contributed by atoms with Crippen molar-refractivity contribution in [1.82, 2.24) is 30.5 Å². The van der Waals surface area contributed by atoms with Gasteiger partial charge < -0.3 is 11.1 Å². The third kappa shape index (κ3) is 3.57. The van der Waals surface area contributed by atoms with Crippen molar-refractivity contribution in [3.63, 3.8) is 0 Å². The lowest BCUT2D eigenvalue weighted by Crippen LogP contribution is -2.35. The predicted molar refractivity (Wildman–Crippen MR) is 98.4 cm³/mol. The zero-order valence-electron chi connectivity index (χ0n) is 14.1. The lowest BCUT2D eigenvalue weighted by Gasteiger charge is -2.20. The van der Waals surface area contributed by atoms with Crippen molar-refractivity contribution in [3.8, 4) is 10.6 Å². The fourth-order valence-corrected chi connectivity index (χ4v) is 4.20. The van der Waals surface area contributed by atoms with E-state index in [1.54, 1.807) is 23.7 Å². The Morgan fingerprint density at radius 2 is 2.19 bits per heavy atom. The topological polar surface area (TPSA) is 122 Å². The van der Waals surface area contributed by atoms with Crippen molar-refractivity contribution in [1.29, 1.82) is 0 Å². The summed E-state index contributed by atoms with van der Waals surface area (Å²) in [5.41, 5.74) is 7.59. The van der Waals surface area contributed by atoms with Crippen LogP contribution in [0.1, 0.15) is 22.8 Å². The number of nitrogens with one attached hydrogen (secondary N) is 2. The number of amides is 1. The molecule has 26 heavy (non-hydrogen) atoms. The zero-order valence-corrected chi connectivity index (χ0v) is 14.9. The van der Waals surface area contributed by atoms with E-state index in [4.69, 9.17) is 10.7 Å². The summed E-state index contributed by atoms with van der Waals surface area (Å²) in [5, 5.41) is 10.5. The molecule has 8 nitrogen and oxygen atoms in total. The smallest absolute Gasteiger partial charge is 0.239 e. The van der Waals surface area contributed by atoms with Crippen molar-refractivity contribution < 1.29 is 4.79 Å². The van der Waals surface area contributed by atoms with E-state index in [2.05, 4.69) is 25.5 Å². The highest BCUT2D eigenvalue weighted by Gasteiger charge is 2.27. The third-order valence-electron chi connectivity index (χ3n) is 4.45. The van der Waals surface area contributed by atoms with Gasteiger partial charge in [0.2, 0.25) is 11.9 Å². The molecule has 0 aromatic carbocycles. The van der Waals surface area contributed by atoms with Gasteiger partial charge in [-0.05, 0) is 25.0 Å². The number of nitrogens with zero attached hydrogens (tertiary/aromatic N) is 4. The summed E-state index contributed by atoms with van der Waals surface area (Å²) in [4.78, 5) is 26.6. The Bertz CT molecular complexity index is 905. The molecule has 0 radical (unpaired) electrons. The molecule has 0 saturated carbocycles. The Morgan fingerprint density at radius 3 is 2.96 bits per heavy atom. The average molecular weight is 369 g/mol. The second-order valence-corrected chi connectivity index (χ2v) is 7.33. The van der Waals surface area contributed by atoms with Crippen LogP contribution in [0.2, 0.25) is 0 Å². The molecular weight excluding hydrogens is 350 g/mol. The summed E-state index contributed by atoms with van der Waals surface area (Å²) >= 11 is 1.72. The number of pyridine rings is 1. The highest BCUT2D eigenvalue weighted by molar-refractivity contribution is 7.15. The normalized spacial score (nSPS) is 16.2. The number of H-pyrrole nitrogens is 1. The quantitative estimate of drug-likeness (QED) is 0.624. The fourth-order valence-electron chi connectivity index (χ4n) is 3.09. The maximum Gasteiger partial charge on any atom is 0.239 e. The molecule has 1 amide bonds. The maximum atomic E-state index is 12.5. The van der Waals surface area contributed by atoms with Crippen molar-refractivity contribution in [2.45, 2.75) is 25.7 Å². The van der Waals surface area contributed by atoms with Crippen LogP contribution >= 0.6 is 11.3 Å². The molecule has 0 saturated heterocycles. The van der Waals surface area contributed by atoms with Crippen LogP contribution in [0.3, 0.4) is 0 Å². The summed E-state index contributed by atoms with van der Waals surface area (Å²) in [7, 11) is 0. The second kappa shape index (κ2) is 7.20. The Labute approximate surface area is 154 Å². The van der Waals surface area contributed by atoms with Gasteiger partial charge in [0.05, 0.1) is 5.69 Å². The van der Waals surface area contributed by atoms with Gasteiger partial charge in [-0.1, -0.05) is 0 Å². The van der Waals surface area contributed by atoms with E-state index in [0.29, 0.717) is 25.2 Å². The largest absolute Gasteiger partial charge is 0.367 e. The SMILES string of the molecule is Nc1n[nH]c(CCNC(=O)C2CCc3sc(-c4ccncc4)nc3C2)n1. The number of carbonyl (C=O) groups is 1. The monoisotopic (exact) mass is 369 g/mol. The van der Waals surface area contributed by atoms with Crippen molar-refractivity contribution in [2.75, 3.05) is 12.3 Å². The minimum Gasteiger partial charge on any atom is -0.367 e. The highest BCUT2D eigenvalue weighted by Crippen LogP contribution is 2.34. The third-order valence-corrected chi connectivity index (χ3v) is 5.65. The van der Waals surface area contributed by atoms with Gasteiger partial charge >= 0.3 is 0 Å². The van der Waals surface area contributed by atoms with Gasteiger partial charge in [0.15, 0.2) is 0 Å². The molecule has 1 aliphatic rings.